The molecule has 0 unspecified atom stereocenters. The first-order valence-electron chi connectivity index (χ1n) is 10.1. The molecular weight excluding hydrogens is 364 g/mol. The lowest BCUT2D eigenvalue weighted by molar-refractivity contribution is 0.0394. The second-order valence-electron chi connectivity index (χ2n) is 7.45. The molecule has 0 spiro atoms. The first-order valence-corrected chi connectivity index (χ1v) is 10.1. The van der Waals surface area contributed by atoms with Crippen molar-refractivity contribution in [2.24, 2.45) is 4.99 Å². The summed E-state index contributed by atoms with van der Waals surface area (Å²) < 4.78 is 5.39. The Kier molecular flexibility index (Phi) is 7.38. The van der Waals surface area contributed by atoms with Crippen molar-refractivity contribution in [2.45, 2.75) is 20.8 Å². The number of benzene rings is 2. The predicted molar refractivity (Wildman–Crippen MR) is 118 cm³/mol. The summed E-state index contributed by atoms with van der Waals surface area (Å²) in [6.07, 6.45) is 0. The monoisotopic (exact) mass is 394 g/mol. The molecule has 0 aromatic heterocycles. The average Bonchev–Trinajstić information content (AvgIpc) is 2.70. The van der Waals surface area contributed by atoms with Crippen molar-refractivity contribution in [3.63, 3.8) is 0 Å². The van der Waals surface area contributed by atoms with Gasteiger partial charge in [-0.2, -0.15) is 0 Å². The number of hydrogen-bond acceptors (Lipinski definition) is 4. The highest BCUT2D eigenvalue weighted by Crippen LogP contribution is 2.16. The van der Waals surface area contributed by atoms with E-state index in [9.17, 15) is 4.79 Å². The van der Waals surface area contributed by atoms with Gasteiger partial charge in [0.05, 0.1) is 19.8 Å². The van der Waals surface area contributed by atoms with Crippen LogP contribution in [0.2, 0.25) is 0 Å². The van der Waals surface area contributed by atoms with E-state index in [2.05, 4.69) is 33.5 Å². The number of nitrogens with zero attached hydrogens (tertiary/aromatic N) is 2. The first-order chi connectivity index (χ1) is 14.0. The van der Waals surface area contributed by atoms with Crippen molar-refractivity contribution in [1.29, 1.82) is 0 Å². The quantitative estimate of drug-likeness (QED) is 0.604. The van der Waals surface area contributed by atoms with Crippen molar-refractivity contribution in [1.82, 2.24) is 10.2 Å². The van der Waals surface area contributed by atoms with Crippen LogP contribution in [0.4, 0.5) is 5.69 Å². The number of carbonyl (C=O) groups excluding carboxylic acids is 1. The maximum Gasteiger partial charge on any atom is 0.257 e. The van der Waals surface area contributed by atoms with E-state index in [0.717, 1.165) is 49.7 Å². The van der Waals surface area contributed by atoms with Gasteiger partial charge in [0.25, 0.3) is 5.91 Å². The molecule has 0 aliphatic carbocycles. The first kappa shape index (κ1) is 21.0. The van der Waals surface area contributed by atoms with Crippen LogP contribution in [0, 0.1) is 20.8 Å². The molecule has 2 N–H and O–H groups in total. The van der Waals surface area contributed by atoms with Crippen LogP contribution in [-0.2, 0) is 4.74 Å². The van der Waals surface area contributed by atoms with Crippen LogP contribution in [-0.4, -0.2) is 56.2 Å². The number of nitrogens with one attached hydrogen (secondary N) is 2. The van der Waals surface area contributed by atoms with Gasteiger partial charge in [-0.3, -0.25) is 20.0 Å². The minimum Gasteiger partial charge on any atom is -0.379 e. The van der Waals surface area contributed by atoms with Gasteiger partial charge >= 0.3 is 0 Å². The van der Waals surface area contributed by atoms with Crippen LogP contribution in [0.3, 0.4) is 0 Å². The summed E-state index contributed by atoms with van der Waals surface area (Å²) in [6.45, 7) is 10.9. The summed E-state index contributed by atoms with van der Waals surface area (Å²) in [7, 11) is 0. The second kappa shape index (κ2) is 10.2. The third-order valence-electron chi connectivity index (χ3n) is 4.94. The molecule has 2 aromatic rings. The zero-order valence-electron chi connectivity index (χ0n) is 17.5. The number of guanidine groups is 1. The van der Waals surface area contributed by atoms with Crippen LogP contribution in [0.5, 0.6) is 0 Å². The molecule has 1 aliphatic heterocycles. The Morgan fingerprint density at radius 3 is 2.55 bits per heavy atom. The summed E-state index contributed by atoms with van der Waals surface area (Å²) in [5, 5.41) is 6.25. The van der Waals surface area contributed by atoms with Gasteiger partial charge in [0.1, 0.15) is 0 Å². The van der Waals surface area contributed by atoms with Crippen LogP contribution in [0.25, 0.3) is 0 Å². The zero-order chi connectivity index (χ0) is 20.6. The molecule has 0 bridgehead atoms. The number of aryl methyl sites for hydroxylation is 3. The summed E-state index contributed by atoms with van der Waals surface area (Å²) in [5.41, 5.74) is 4.91. The van der Waals surface area contributed by atoms with Crippen molar-refractivity contribution < 1.29 is 9.53 Å². The molecule has 1 amide bonds. The number of hydrogen-bond donors (Lipinski definition) is 2. The van der Waals surface area contributed by atoms with Gasteiger partial charge in [-0.1, -0.05) is 35.4 Å². The lowest BCUT2D eigenvalue weighted by Crippen LogP contribution is -2.39. The largest absolute Gasteiger partial charge is 0.379 e. The standard InChI is InChI=1S/C23H30N4O2/c1-17-5-4-6-20(16-17)22(28)26-23(24-9-10-27-11-13-29-14-12-27)25-21-8-7-18(2)15-19(21)3/h4-8,15-16H,9-14H2,1-3H3,(H2,24,25,26,28). The maximum absolute atomic E-state index is 12.7. The SMILES string of the molecule is Cc1cccc(C(=O)NC(=NCCN2CCOCC2)Nc2ccc(C)cc2C)c1. The van der Waals surface area contributed by atoms with Crippen molar-refractivity contribution in [2.75, 3.05) is 44.7 Å². The van der Waals surface area contributed by atoms with Gasteiger partial charge in [-0.05, 0) is 44.5 Å². The number of aliphatic imine (C=N–C) groups is 1. The third kappa shape index (κ3) is 6.41. The topological polar surface area (TPSA) is 66.0 Å². The fourth-order valence-electron chi connectivity index (χ4n) is 3.29. The Hall–Kier alpha value is -2.70. The molecule has 0 atom stereocenters. The van der Waals surface area contributed by atoms with E-state index in [1.807, 2.05) is 50.2 Å². The fraction of sp³-hybridized carbons (Fsp3) is 0.391. The van der Waals surface area contributed by atoms with Gasteiger partial charge in [-0.25, -0.2) is 0 Å². The molecule has 154 valence electrons. The van der Waals surface area contributed by atoms with E-state index in [1.54, 1.807) is 0 Å². The summed E-state index contributed by atoms with van der Waals surface area (Å²) in [4.78, 5) is 19.7. The highest BCUT2D eigenvalue weighted by Gasteiger charge is 2.12. The molecule has 6 heteroatoms. The number of rotatable bonds is 5. The van der Waals surface area contributed by atoms with Crippen LogP contribution >= 0.6 is 0 Å². The Morgan fingerprint density at radius 1 is 1.07 bits per heavy atom. The Bertz CT molecular complexity index is 873. The van der Waals surface area contributed by atoms with Crippen molar-refractivity contribution >= 4 is 17.6 Å². The van der Waals surface area contributed by atoms with Crippen LogP contribution in [0.15, 0.2) is 47.5 Å². The lowest BCUT2D eigenvalue weighted by Gasteiger charge is -2.25. The van der Waals surface area contributed by atoms with Crippen molar-refractivity contribution in [3.8, 4) is 0 Å². The second-order valence-corrected chi connectivity index (χ2v) is 7.45. The van der Waals surface area contributed by atoms with Gasteiger partial charge < -0.3 is 10.1 Å². The molecular formula is C23H30N4O2. The maximum atomic E-state index is 12.7. The van der Waals surface area contributed by atoms with E-state index >= 15 is 0 Å². The normalized spacial score (nSPS) is 15.2. The molecule has 3 rings (SSSR count). The predicted octanol–water partition coefficient (Wildman–Crippen LogP) is 3.14. The van der Waals surface area contributed by atoms with E-state index in [1.165, 1.54) is 5.56 Å². The van der Waals surface area contributed by atoms with E-state index < -0.39 is 0 Å². The third-order valence-corrected chi connectivity index (χ3v) is 4.94. The number of ether oxygens (including phenoxy) is 1. The molecule has 29 heavy (non-hydrogen) atoms. The van der Waals surface area contributed by atoms with Gasteiger partial charge in [-0.15, -0.1) is 0 Å². The zero-order valence-corrected chi connectivity index (χ0v) is 17.5. The smallest absolute Gasteiger partial charge is 0.257 e. The Morgan fingerprint density at radius 2 is 1.83 bits per heavy atom. The molecule has 1 heterocycles. The lowest BCUT2D eigenvalue weighted by atomic mass is 10.1. The van der Waals surface area contributed by atoms with E-state index in [4.69, 9.17) is 4.74 Å². The summed E-state index contributed by atoms with van der Waals surface area (Å²) in [6, 6.07) is 13.7. The summed E-state index contributed by atoms with van der Waals surface area (Å²) in [5.74, 6) is 0.299. The fourth-order valence-corrected chi connectivity index (χ4v) is 3.29. The van der Waals surface area contributed by atoms with Gasteiger partial charge in [0.2, 0.25) is 5.96 Å². The van der Waals surface area contributed by atoms with E-state index in [0.29, 0.717) is 18.1 Å². The molecule has 2 aromatic carbocycles. The average molecular weight is 395 g/mol. The minimum atomic E-state index is -0.170. The summed E-state index contributed by atoms with van der Waals surface area (Å²) >= 11 is 0. The molecule has 1 fully saturated rings. The highest BCUT2D eigenvalue weighted by molar-refractivity contribution is 6.10. The molecule has 0 radical (unpaired) electrons. The van der Waals surface area contributed by atoms with Crippen LogP contribution < -0.4 is 10.6 Å². The van der Waals surface area contributed by atoms with Gasteiger partial charge in [0.15, 0.2) is 0 Å². The molecule has 0 saturated carbocycles. The number of carbonyl (C=O) groups is 1. The molecule has 1 aliphatic rings. The number of anilines is 1. The Labute approximate surface area is 173 Å². The molecule has 1 saturated heterocycles. The number of amides is 1. The van der Waals surface area contributed by atoms with Gasteiger partial charge in [0, 0.05) is 30.9 Å². The van der Waals surface area contributed by atoms with Crippen molar-refractivity contribution in [3.05, 3.63) is 64.7 Å². The highest BCUT2D eigenvalue weighted by atomic mass is 16.5. The minimum absolute atomic E-state index is 0.170. The number of morpholine rings is 1. The van der Waals surface area contributed by atoms with Crippen LogP contribution in [0.1, 0.15) is 27.0 Å². The molecule has 6 nitrogen and oxygen atoms in total. The van der Waals surface area contributed by atoms with E-state index in [-0.39, 0.29) is 5.91 Å². The Balaban J connectivity index is 1.72.